The third-order valence-corrected chi connectivity index (χ3v) is 3.45. The summed E-state index contributed by atoms with van der Waals surface area (Å²) in [5.74, 6) is 1.54. The zero-order valence-electron chi connectivity index (χ0n) is 10.2. The minimum Gasteiger partial charge on any atom is -0.497 e. The van der Waals surface area contributed by atoms with Crippen LogP contribution in [0, 0.1) is 11.3 Å². The van der Waals surface area contributed by atoms with Crippen LogP contribution in [0.1, 0.15) is 24.3 Å². The number of rotatable bonds is 3. The maximum Gasteiger partial charge on any atom is 0.119 e. The summed E-state index contributed by atoms with van der Waals surface area (Å²) in [6.45, 7) is 2.61. The summed E-state index contributed by atoms with van der Waals surface area (Å²) in [6.07, 6.45) is 2.27. The van der Waals surface area contributed by atoms with E-state index in [0.717, 1.165) is 31.7 Å². The Morgan fingerprint density at radius 1 is 1.41 bits per heavy atom. The van der Waals surface area contributed by atoms with E-state index in [-0.39, 0.29) is 0 Å². The minimum absolute atomic E-state index is 0.560. The van der Waals surface area contributed by atoms with Gasteiger partial charge in [0.1, 0.15) is 5.75 Å². The molecule has 0 aliphatic carbocycles. The van der Waals surface area contributed by atoms with E-state index in [1.807, 2.05) is 6.07 Å². The van der Waals surface area contributed by atoms with Crippen LogP contribution in [-0.2, 0) is 0 Å². The monoisotopic (exact) mass is 230 g/mol. The summed E-state index contributed by atoms with van der Waals surface area (Å²) in [5, 5.41) is 8.66. The lowest BCUT2D eigenvalue weighted by molar-refractivity contribution is 0.235. The number of benzene rings is 1. The van der Waals surface area contributed by atoms with Gasteiger partial charge < -0.3 is 4.74 Å². The van der Waals surface area contributed by atoms with Crippen LogP contribution in [0.5, 0.6) is 5.75 Å². The van der Waals surface area contributed by atoms with Crippen molar-refractivity contribution >= 4 is 0 Å². The van der Waals surface area contributed by atoms with E-state index < -0.39 is 0 Å². The van der Waals surface area contributed by atoms with Crippen molar-refractivity contribution in [3.8, 4) is 11.8 Å². The highest BCUT2D eigenvalue weighted by atomic mass is 16.5. The van der Waals surface area contributed by atoms with Gasteiger partial charge in [-0.15, -0.1) is 0 Å². The molecule has 1 saturated heterocycles. The average molecular weight is 230 g/mol. The van der Waals surface area contributed by atoms with Gasteiger partial charge in [-0.1, -0.05) is 12.1 Å². The topological polar surface area (TPSA) is 36.3 Å². The van der Waals surface area contributed by atoms with E-state index in [9.17, 15) is 0 Å². The zero-order chi connectivity index (χ0) is 12.1. The molecule has 0 atom stereocenters. The van der Waals surface area contributed by atoms with Crippen LogP contribution in [0.4, 0.5) is 0 Å². The van der Waals surface area contributed by atoms with Gasteiger partial charge in [-0.2, -0.15) is 5.26 Å². The average Bonchev–Trinajstić information content (AvgIpc) is 2.40. The fourth-order valence-electron chi connectivity index (χ4n) is 2.42. The standard InChI is InChI=1S/C14H18N2O/c1-17-14-4-2-3-13(11-14)12-5-8-16(9-6-12)10-7-15/h2-4,11-12H,5-6,8-10H2,1H3. The summed E-state index contributed by atoms with van der Waals surface area (Å²) < 4.78 is 5.25. The van der Waals surface area contributed by atoms with E-state index >= 15 is 0 Å². The largest absolute Gasteiger partial charge is 0.497 e. The Kier molecular flexibility index (Phi) is 4.00. The molecule has 3 heteroatoms. The number of nitrogens with zero attached hydrogens (tertiary/aromatic N) is 2. The van der Waals surface area contributed by atoms with Crippen molar-refractivity contribution in [1.29, 1.82) is 5.26 Å². The third-order valence-electron chi connectivity index (χ3n) is 3.45. The molecular weight excluding hydrogens is 212 g/mol. The van der Waals surface area contributed by atoms with E-state index in [1.54, 1.807) is 7.11 Å². The van der Waals surface area contributed by atoms with Gasteiger partial charge in [-0.25, -0.2) is 0 Å². The van der Waals surface area contributed by atoms with Gasteiger partial charge >= 0.3 is 0 Å². The fraction of sp³-hybridized carbons (Fsp3) is 0.500. The number of likely N-dealkylation sites (tertiary alicyclic amines) is 1. The van der Waals surface area contributed by atoms with Gasteiger partial charge in [0.05, 0.1) is 19.7 Å². The number of piperidine rings is 1. The molecule has 1 aromatic rings. The van der Waals surface area contributed by atoms with Gasteiger partial charge in [0.25, 0.3) is 0 Å². The summed E-state index contributed by atoms with van der Waals surface area (Å²) in [4.78, 5) is 2.22. The predicted molar refractivity (Wildman–Crippen MR) is 67.0 cm³/mol. The van der Waals surface area contributed by atoms with Gasteiger partial charge in [0, 0.05) is 0 Å². The molecule has 0 aromatic heterocycles. The third kappa shape index (κ3) is 2.98. The summed E-state index contributed by atoms with van der Waals surface area (Å²) >= 11 is 0. The summed E-state index contributed by atoms with van der Waals surface area (Å²) in [6, 6.07) is 10.6. The Labute approximate surface area is 103 Å². The van der Waals surface area contributed by atoms with Crippen LogP contribution in [0.25, 0.3) is 0 Å². The Morgan fingerprint density at radius 3 is 2.82 bits per heavy atom. The molecule has 0 bridgehead atoms. The summed E-state index contributed by atoms with van der Waals surface area (Å²) in [5.41, 5.74) is 1.36. The van der Waals surface area contributed by atoms with Crippen LogP contribution in [0.2, 0.25) is 0 Å². The Morgan fingerprint density at radius 2 is 2.18 bits per heavy atom. The smallest absolute Gasteiger partial charge is 0.119 e. The first-order valence-electron chi connectivity index (χ1n) is 6.06. The first-order chi connectivity index (χ1) is 8.33. The highest BCUT2D eigenvalue weighted by molar-refractivity contribution is 5.31. The van der Waals surface area contributed by atoms with Gasteiger partial charge in [-0.3, -0.25) is 4.90 Å². The maximum atomic E-state index is 8.66. The van der Waals surface area contributed by atoms with Crippen LogP contribution in [0.3, 0.4) is 0 Å². The molecule has 1 heterocycles. The van der Waals surface area contributed by atoms with Gasteiger partial charge in [0.2, 0.25) is 0 Å². The van der Waals surface area contributed by atoms with Crippen molar-refractivity contribution in [2.24, 2.45) is 0 Å². The number of methoxy groups -OCH3 is 1. The molecule has 90 valence electrons. The minimum atomic E-state index is 0.560. The van der Waals surface area contributed by atoms with Gasteiger partial charge in [-0.05, 0) is 49.5 Å². The predicted octanol–water partition coefficient (Wildman–Crippen LogP) is 2.40. The van der Waals surface area contributed by atoms with Crippen LogP contribution >= 0.6 is 0 Å². The number of nitriles is 1. The molecule has 17 heavy (non-hydrogen) atoms. The molecule has 0 saturated carbocycles. The zero-order valence-corrected chi connectivity index (χ0v) is 10.2. The van der Waals surface area contributed by atoms with E-state index in [1.165, 1.54) is 5.56 Å². The SMILES string of the molecule is COc1cccc(C2CCN(CC#N)CC2)c1. The molecule has 0 spiro atoms. The van der Waals surface area contributed by atoms with Crippen molar-refractivity contribution in [2.45, 2.75) is 18.8 Å². The first-order valence-corrected chi connectivity index (χ1v) is 6.06. The molecule has 3 nitrogen and oxygen atoms in total. The quantitative estimate of drug-likeness (QED) is 0.748. The number of hydrogen-bond acceptors (Lipinski definition) is 3. The molecule has 0 unspecified atom stereocenters. The molecule has 0 amide bonds. The second kappa shape index (κ2) is 5.70. The van der Waals surface area contributed by atoms with Crippen LogP contribution in [-0.4, -0.2) is 31.6 Å². The Bertz CT molecular complexity index is 403. The Balaban J connectivity index is 1.98. The van der Waals surface area contributed by atoms with Gasteiger partial charge in [0.15, 0.2) is 0 Å². The van der Waals surface area contributed by atoms with Crippen molar-refractivity contribution in [2.75, 3.05) is 26.7 Å². The summed E-state index contributed by atoms with van der Waals surface area (Å²) in [7, 11) is 1.70. The van der Waals surface area contributed by atoms with Crippen molar-refractivity contribution in [3.63, 3.8) is 0 Å². The lowest BCUT2D eigenvalue weighted by Gasteiger charge is -2.30. The molecule has 1 aromatic carbocycles. The lowest BCUT2D eigenvalue weighted by atomic mass is 9.89. The molecule has 1 aliphatic heterocycles. The van der Waals surface area contributed by atoms with E-state index in [4.69, 9.17) is 10.00 Å². The Hall–Kier alpha value is -1.53. The normalized spacial score (nSPS) is 17.6. The second-order valence-corrected chi connectivity index (χ2v) is 4.49. The van der Waals surface area contributed by atoms with Crippen LogP contribution < -0.4 is 4.74 Å². The maximum absolute atomic E-state index is 8.66. The highest BCUT2D eigenvalue weighted by Gasteiger charge is 2.20. The first kappa shape index (κ1) is 11.9. The molecule has 1 fully saturated rings. The molecule has 0 N–H and O–H groups in total. The van der Waals surface area contributed by atoms with E-state index in [0.29, 0.717) is 12.5 Å². The molecule has 0 radical (unpaired) electrons. The van der Waals surface area contributed by atoms with Crippen molar-refractivity contribution < 1.29 is 4.74 Å². The van der Waals surface area contributed by atoms with Crippen molar-refractivity contribution in [3.05, 3.63) is 29.8 Å². The van der Waals surface area contributed by atoms with E-state index in [2.05, 4.69) is 29.2 Å². The van der Waals surface area contributed by atoms with Crippen molar-refractivity contribution in [1.82, 2.24) is 4.90 Å². The molecule has 1 aliphatic rings. The molecule has 2 rings (SSSR count). The second-order valence-electron chi connectivity index (χ2n) is 4.49. The fourth-order valence-corrected chi connectivity index (χ4v) is 2.42. The number of ether oxygens (including phenoxy) is 1. The molecular formula is C14H18N2O. The lowest BCUT2D eigenvalue weighted by Crippen LogP contribution is -2.33. The highest BCUT2D eigenvalue weighted by Crippen LogP contribution is 2.29. The number of hydrogen-bond donors (Lipinski definition) is 0. The van der Waals surface area contributed by atoms with Crippen LogP contribution in [0.15, 0.2) is 24.3 Å².